The molecule has 0 spiro atoms. The zero-order chi connectivity index (χ0) is 13.6. The summed E-state index contributed by atoms with van der Waals surface area (Å²) in [4.78, 5) is 5.16. The Balaban J connectivity index is 1.96. The molecule has 0 fully saturated rings. The van der Waals surface area contributed by atoms with E-state index in [1.807, 2.05) is 30.3 Å². The van der Waals surface area contributed by atoms with Gasteiger partial charge in [-0.15, -0.1) is 0 Å². The van der Waals surface area contributed by atoms with Gasteiger partial charge in [0.1, 0.15) is 6.61 Å². The molecule has 0 unspecified atom stereocenters. The van der Waals surface area contributed by atoms with E-state index < -0.39 is 9.84 Å². The van der Waals surface area contributed by atoms with Crippen molar-refractivity contribution in [2.75, 3.05) is 0 Å². The first kappa shape index (κ1) is 13.3. The smallest absolute Gasteiger partial charge is 0.220 e. The Morgan fingerprint density at radius 1 is 0.947 bits per heavy atom. The molecule has 2 rings (SSSR count). The largest absolute Gasteiger partial charge is 0.390 e. The van der Waals surface area contributed by atoms with Gasteiger partial charge in [-0.2, -0.15) is 0 Å². The molecule has 4 nitrogen and oxygen atoms in total. The Labute approximate surface area is 112 Å². The Morgan fingerprint density at radius 2 is 1.53 bits per heavy atom. The Hall–Kier alpha value is -2.14. The van der Waals surface area contributed by atoms with E-state index in [-0.39, 0.29) is 11.5 Å². The highest BCUT2D eigenvalue weighted by Crippen LogP contribution is 2.08. The number of hydrogen-bond donors (Lipinski definition) is 0. The number of rotatable bonds is 5. The van der Waals surface area contributed by atoms with Gasteiger partial charge in [-0.05, 0) is 17.7 Å². The Kier molecular flexibility index (Phi) is 4.30. The molecular formula is C14H13NO3S. The maximum Gasteiger partial charge on any atom is 0.220 e. The third-order valence-corrected chi connectivity index (χ3v) is 3.69. The van der Waals surface area contributed by atoms with E-state index in [9.17, 15) is 8.42 Å². The fourth-order valence-electron chi connectivity index (χ4n) is 1.44. The second kappa shape index (κ2) is 6.15. The zero-order valence-corrected chi connectivity index (χ0v) is 11.0. The van der Waals surface area contributed by atoms with E-state index in [4.69, 9.17) is 4.84 Å². The SMILES string of the molecule is O=S(=O)(/C=N/OCc1ccccc1)c1ccccc1. The van der Waals surface area contributed by atoms with Crippen LogP contribution in [0.5, 0.6) is 0 Å². The summed E-state index contributed by atoms with van der Waals surface area (Å²) < 4.78 is 23.6. The molecule has 2 aromatic rings. The quantitative estimate of drug-likeness (QED) is 0.479. The maximum atomic E-state index is 11.8. The van der Waals surface area contributed by atoms with Gasteiger partial charge in [0.15, 0.2) is 5.55 Å². The molecule has 5 heteroatoms. The average Bonchev–Trinajstić information content (AvgIpc) is 2.46. The molecule has 0 aliphatic heterocycles. The summed E-state index contributed by atoms with van der Waals surface area (Å²) in [6.07, 6.45) is 0. The van der Waals surface area contributed by atoms with Crippen LogP contribution in [0.2, 0.25) is 0 Å². The molecule has 0 aliphatic rings. The van der Waals surface area contributed by atoms with Crippen LogP contribution in [0.1, 0.15) is 5.56 Å². The van der Waals surface area contributed by atoms with Crippen LogP contribution in [0, 0.1) is 0 Å². The highest BCUT2D eigenvalue weighted by Gasteiger charge is 2.10. The van der Waals surface area contributed by atoms with Gasteiger partial charge < -0.3 is 4.84 Å². The number of benzene rings is 2. The minimum Gasteiger partial charge on any atom is -0.390 e. The molecule has 0 aromatic heterocycles. The number of sulfone groups is 1. The van der Waals surface area contributed by atoms with Crippen LogP contribution in [-0.4, -0.2) is 14.0 Å². The molecule has 0 N–H and O–H groups in total. The minimum atomic E-state index is -3.53. The van der Waals surface area contributed by atoms with Gasteiger partial charge in [0.25, 0.3) is 0 Å². The summed E-state index contributed by atoms with van der Waals surface area (Å²) in [7, 11) is -3.53. The van der Waals surface area contributed by atoms with Crippen molar-refractivity contribution in [3.63, 3.8) is 0 Å². The van der Waals surface area contributed by atoms with Gasteiger partial charge >= 0.3 is 0 Å². The van der Waals surface area contributed by atoms with Crippen molar-refractivity contribution in [3.05, 3.63) is 66.2 Å². The summed E-state index contributed by atoms with van der Waals surface area (Å²) in [6, 6.07) is 17.5. The summed E-state index contributed by atoms with van der Waals surface area (Å²) in [5.74, 6) is 0. The van der Waals surface area contributed by atoms with Gasteiger partial charge in [-0.1, -0.05) is 53.7 Å². The van der Waals surface area contributed by atoms with Crippen LogP contribution in [0.3, 0.4) is 0 Å². The van der Waals surface area contributed by atoms with Crippen LogP contribution in [-0.2, 0) is 21.3 Å². The molecule has 19 heavy (non-hydrogen) atoms. The molecule has 0 bridgehead atoms. The predicted molar refractivity (Wildman–Crippen MR) is 73.4 cm³/mol. The molecule has 0 atom stereocenters. The fraction of sp³-hybridized carbons (Fsp3) is 0.0714. The lowest BCUT2D eigenvalue weighted by Gasteiger charge is -1.99. The fourth-order valence-corrected chi connectivity index (χ4v) is 2.28. The summed E-state index contributed by atoms with van der Waals surface area (Å²) in [5.41, 5.74) is 1.75. The van der Waals surface area contributed by atoms with Crippen molar-refractivity contribution >= 4 is 15.4 Å². The topological polar surface area (TPSA) is 55.7 Å². The van der Waals surface area contributed by atoms with Crippen LogP contribution in [0.15, 0.2) is 70.7 Å². The lowest BCUT2D eigenvalue weighted by Crippen LogP contribution is -2.02. The lowest BCUT2D eigenvalue weighted by molar-refractivity contribution is 0.132. The molecule has 0 amide bonds. The van der Waals surface area contributed by atoms with Gasteiger partial charge in [-0.3, -0.25) is 0 Å². The Bertz CT molecular complexity index is 637. The second-order valence-electron chi connectivity index (χ2n) is 3.83. The van der Waals surface area contributed by atoms with Crippen molar-refractivity contribution in [2.45, 2.75) is 11.5 Å². The molecule has 0 heterocycles. The maximum absolute atomic E-state index is 11.8. The summed E-state index contributed by atoms with van der Waals surface area (Å²) >= 11 is 0. The normalized spacial score (nSPS) is 11.6. The number of nitrogens with zero attached hydrogens (tertiary/aromatic N) is 1. The van der Waals surface area contributed by atoms with Crippen molar-refractivity contribution in [2.24, 2.45) is 5.16 Å². The van der Waals surface area contributed by atoms with Gasteiger partial charge in [0, 0.05) is 0 Å². The van der Waals surface area contributed by atoms with Crippen molar-refractivity contribution in [1.82, 2.24) is 0 Å². The summed E-state index contributed by atoms with van der Waals surface area (Å²) in [5, 5.41) is 3.50. The number of oxime groups is 1. The van der Waals surface area contributed by atoms with Crippen LogP contribution in [0.25, 0.3) is 0 Å². The highest BCUT2D eigenvalue weighted by molar-refractivity contribution is 8.04. The molecule has 0 aliphatic carbocycles. The van der Waals surface area contributed by atoms with Crippen molar-refractivity contribution in [1.29, 1.82) is 0 Å². The first-order valence-electron chi connectivity index (χ1n) is 5.68. The summed E-state index contributed by atoms with van der Waals surface area (Å²) in [6.45, 7) is 0.238. The van der Waals surface area contributed by atoms with Gasteiger partial charge in [0.05, 0.1) is 4.90 Å². The van der Waals surface area contributed by atoms with E-state index in [0.29, 0.717) is 0 Å². The van der Waals surface area contributed by atoms with E-state index in [0.717, 1.165) is 11.1 Å². The minimum absolute atomic E-state index is 0.196. The van der Waals surface area contributed by atoms with E-state index in [2.05, 4.69) is 5.16 Å². The van der Waals surface area contributed by atoms with E-state index >= 15 is 0 Å². The molecule has 0 saturated carbocycles. The van der Waals surface area contributed by atoms with Gasteiger partial charge in [-0.25, -0.2) is 8.42 Å². The third kappa shape index (κ3) is 3.93. The monoisotopic (exact) mass is 275 g/mol. The second-order valence-corrected chi connectivity index (χ2v) is 5.60. The zero-order valence-electron chi connectivity index (χ0n) is 10.1. The average molecular weight is 275 g/mol. The molecule has 0 saturated heterocycles. The lowest BCUT2D eigenvalue weighted by atomic mass is 10.2. The molecule has 2 aromatic carbocycles. The van der Waals surface area contributed by atoms with E-state index in [1.165, 1.54) is 12.1 Å². The van der Waals surface area contributed by atoms with Crippen molar-refractivity contribution < 1.29 is 13.3 Å². The standard InChI is InChI=1S/C14H13NO3S/c16-19(17,14-9-5-2-6-10-14)12-15-18-11-13-7-3-1-4-8-13/h1-10,12H,11H2/b15-12+. The highest BCUT2D eigenvalue weighted by atomic mass is 32.2. The van der Waals surface area contributed by atoms with Gasteiger partial charge in [0.2, 0.25) is 9.84 Å². The molecular weight excluding hydrogens is 262 g/mol. The van der Waals surface area contributed by atoms with Crippen LogP contribution in [0.4, 0.5) is 0 Å². The predicted octanol–water partition coefficient (Wildman–Crippen LogP) is 2.62. The molecule has 98 valence electrons. The Morgan fingerprint density at radius 3 is 2.16 bits per heavy atom. The van der Waals surface area contributed by atoms with Crippen molar-refractivity contribution in [3.8, 4) is 0 Å². The van der Waals surface area contributed by atoms with E-state index in [1.54, 1.807) is 18.2 Å². The first-order valence-corrected chi connectivity index (χ1v) is 7.22. The molecule has 0 radical (unpaired) electrons. The third-order valence-electron chi connectivity index (χ3n) is 2.40. The first-order chi connectivity index (χ1) is 9.18. The van der Waals surface area contributed by atoms with Crippen LogP contribution < -0.4 is 0 Å². The number of hydrogen-bond acceptors (Lipinski definition) is 4. The van der Waals surface area contributed by atoms with Crippen LogP contribution >= 0.6 is 0 Å².